The normalized spacial score (nSPS) is 13.5. The Labute approximate surface area is 193 Å². The SMILES string of the molecule is Cc1ccc(-c2ccc(C(=O)N3Cc4cc(CC(OC(C)C)C(=O)O)ccc4O3)cc2)cc1. The number of hydrogen-bond donors (Lipinski definition) is 1. The first kappa shape index (κ1) is 22.6. The van der Waals surface area contributed by atoms with Crippen LogP contribution in [0.25, 0.3) is 11.1 Å². The second-order valence-corrected chi connectivity index (χ2v) is 8.53. The molecule has 0 aliphatic carbocycles. The zero-order valence-electron chi connectivity index (χ0n) is 18.9. The van der Waals surface area contributed by atoms with E-state index in [-0.39, 0.29) is 18.4 Å². The van der Waals surface area contributed by atoms with E-state index in [1.807, 2.05) is 45.0 Å². The maximum atomic E-state index is 13.0. The Hall–Kier alpha value is -3.64. The molecule has 1 unspecified atom stereocenters. The van der Waals surface area contributed by atoms with E-state index in [0.717, 1.165) is 22.3 Å². The number of aryl methyl sites for hydroxylation is 1. The van der Waals surface area contributed by atoms with Crippen LogP contribution in [-0.2, 0) is 22.5 Å². The van der Waals surface area contributed by atoms with E-state index in [2.05, 4.69) is 24.3 Å². The van der Waals surface area contributed by atoms with Crippen LogP contribution in [0.3, 0.4) is 0 Å². The van der Waals surface area contributed by atoms with Gasteiger partial charge in [0.25, 0.3) is 5.91 Å². The van der Waals surface area contributed by atoms with Gasteiger partial charge in [0, 0.05) is 17.5 Å². The van der Waals surface area contributed by atoms with Crippen molar-refractivity contribution in [1.29, 1.82) is 0 Å². The van der Waals surface area contributed by atoms with Crippen molar-refractivity contribution in [2.24, 2.45) is 0 Å². The molecule has 0 aromatic heterocycles. The first-order chi connectivity index (χ1) is 15.8. The molecule has 6 heteroatoms. The Morgan fingerprint density at radius 2 is 1.64 bits per heavy atom. The maximum absolute atomic E-state index is 13.0. The topological polar surface area (TPSA) is 76.1 Å². The smallest absolute Gasteiger partial charge is 0.333 e. The summed E-state index contributed by atoms with van der Waals surface area (Å²) in [6.45, 7) is 5.96. The van der Waals surface area contributed by atoms with Crippen LogP contribution in [0, 0.1) is 6.92 Å². The monoisotopic (exact) mass is 445 g/mol. The van der Waals surface area contributed by atoms with Crippen molar-refractivity contribution in [3.63, 3.8) is 0 Å². The Bertz CT molecular complexity index is 1150. The molecule has 6 nitrogen and oxygen atoms in total. The van der Waals surface area contributed by atoms with Crippen LogP contribution in [0.2, 0.25) is 0 Å². The van der Waals surface area contributed by atoms with Crippen LogP contribution in [0.5, 0.6) is 5.75 Å². The Kier molecular flexibility index (Phi) is 6.47. The van der Waals surface area contributed by atoms with Crippen molar-refractivity contribution < 1.29 is 24.3 Å². The van der Waals surface area contributed by atoms with Gasteiger partial charge in [-0.3, -0.25) is 4.79 Å². The number of hydroxylamine groups is 2. The molecular weight excluding hydrogens is 418 g/mol. The molecule has 33 heavy (non-hydrogen) atoms. The lowest BCUT2D eigenvalue weighted by Gasteiger charge is -2.16. The fourth-order valence-electron chi connectivity index (χ4n) is 3.82. The number of hydrogen-bond acceptors (Lipinski definition) is 4. The number of carbonyl (C=O) groups excluding carboxylic acids is 1. The third-order valence-electron chi connectivity index (χ3n) is 5.52. The van der Waals surface area contributed by atoms with Crippen LogP contribution < -0.4 is 4.84 Å². The van der Waals surface area contributed by atoms with Crippen LogP contribution >= 0.6 is 0 Å². The van der Waals surface area contributed by atoms with Crippen LogP contribution in [0.4, 0.5) is 0 Å². The lowest BCUT2D eigenvalue weighted by atomic mass is 10.0. The lowest BCUT2D eigenvalue weighted by Crippen LogP contribution is -2.29. The third-order valence-corrected chi connectivity index (χ3v) is 5.52. The van der Waals surface area contributed by atoms with Gasteiger partial charge < -0.3 is 14.7 Å². The highest BCUT2D eigenvalue weighted by molar-refractivity contribution is 5.94. The zero-order valence-corrected chi connectivity index (χ0v) is 18.9. The Balaban J connectivity index is 1.44. The number of rotatable bonds is 7. The minimum atomic E-state index is -0.994. The number of carbonyl (C=O) groups is 2. The average Bonchev–Trinajstić information content (AvgIpc) is 3.22. The summed E-state index contributed by atoms with van der Waals surface area (Å²) in [5, 5.41) is 10.7. The van der Waals surface area contributed by atoms with Gasteiger partial charge in [0.05, 0.1) is 12.6 Å². The summed E-state index contributed by atoms with van der Waals surface area (Å²) in [5.74, 6) is -0.624. The minimum absolute atomic E-state index is 0.186. The predicted octanol–water partition coefficient (Wildman–Crippen LogP) is 5.03. The van der Waals surface area contributed by atoms with Crippen LogP contribution in [0.15, 0.2) is 66.7 Å². The second kappa shape index (κ2) is 9.46. The molecule has 1 aliphatic rings. The van der Waals surface area contributed by atoms with Crippen molar-refractivity contribution in [1.82, 2.24) is 5.06 Å². The van der Waals surface area contributed by atoms with E-state index in [4.69, 9.17) is 9.57 Å². The summed E-state index contributed by atoms with van der Waals surface area (Å²) in [4.78, 5) is 30.2. The molecule has 1 atom stereocenters. The van der Waals surface area contributed by atoms with Crippen molar-refractivity contribution in [2.45, 2.75) is 45.9 Å². The van der Waals surface area contributed by atoms with Gasteiger partial charge in [-0.2, -0.15) is 5.06 Å². The first-order valence-electron chi connectivity index (χ1n) is 11.0. The highest BCUT2D eigenvalue weighted by Crippen LogP contribution is 2.31. The second-order valence-electron chi connectivity index (χ2n) is 8.53. The third kappa shape index (κ3) is 5.23. The fourth-order valence-corrected chi connectivity index (χ4v) is 3.82. The molecule has 1 N–H and O–H groups in total. The summed E-state index contributed by atoms with van der Waals surface area (Å²) < 4.78 is 5.50. The first-order valence-corrected chi connectivity index (χ1v) is 11.0. The van der Waals surface area contributed by atoms with E-state index in [0.29, 0.717) is 17.9 Å². The molecule has 170 valence electrons. The van der Waals surface area contributed by atoms with E-state index >= 15 is 0 Å². The highest BCUT2D eigenvalue weighted by atomic mass is 16.7. The predicted molar refractivity (Wildman–Crippen MR) is 125 cm³/mol. The van der Waals surface area contributed by atoms with E-state index < -0.39 is 12.1 Å². The van der Waals surface area contributed by atoms with Gasteiger partial charge in [-0.15, -0.1) is 0 Å². The molecule has 0 bridgehead atoms. The van der Waals surface area contributed by atoms with Gasteiger partial charge >= 0.3 is 5.97 Å². The number of ether oxygens (including phenoxy) is 1. The molecule has 0 spiro atoms. The number of aliphatic carboxylic acids is 1. The number of benzene rings is 3. The summed E-state index contributed by atoms with van der Waals surface area (Å²) >= 11 is 0. The zero-order chi connectivity index (χ0) is 23.5. The number of carboxylic acids is 1. The number of amides is 1. The Morgan fingerprint density at radius 1 is 1.00 bits per heavy atom. The minimum Gasteiger partial charge on any atom is -0.479 e. The van der Waals surface area contributed by atoms with Gasteiger partial charge in [0.15, 0.2) is 11.9 Å². The van der Waals surface area contributed by atoms with E-state index in [9.17, 15) is 14.7 Å². The highest BCUT2D eigenvalue weighted by Gasteiger charge is 2.28. The molecule has 1 heterocycles. The molecule has 0 saturated heterocycles. The molecular formula is C27H27NO5. The van der Waals surface area contributed by atoms with Gasteiger partial charge in [-0.1, -0.05) is 48.0 Å². The summed E-state index contributed by atoms with van der Waals surface area (Å²) in [6.07, 6.45) is -0.862. The molecule has 3 aromatic carbocycles. The van der Waals surface area contributed by atoms with Crippen LogP contribution in [-0.4, -0.2) is 34.3 Å². The lowest BCUT2D eigenvalue weighted by molar-refractivity contribution is -0.153. The van der Waals surface area contributed by atoms with Gasteiger partial charge in [-0.25, -0.2) is 4.79 Å². The standard InChI is InChI=1S/C27H27NO5/c1-17(2)32-25(27(30)31)15-19-6-13-24-23(14-19)16-28(33-24)26(29)22-11-9-21(10-12-22)20-7-4-18(3)5-8-20/h4-14,17,25H,15-16H2,1-3H3,(H,30,31). The molecule has 1 amide bonds. The van der Waals surface area contributed by atoms with E-state index in [1.165, 1.54) is 10.6 Å². The van der Waals surface area contributed by atoms with Crippen molar-refractivity contribution >= 4 is 11.9 Å². The molecule has 0 fully saturated rings. The van der Waals surface area contributed by atoms with Crippen molar-refractivity contribution in [2.75, 3.05) is 0 Å². The molecule has 1 aliphatic heterocycles. The van der Waals surface area contributed by atoms with Gasteiger partial charge in [0.2, 0.25) is 0 Å². The quantitative estimate of drug-likeness (QED) is 0.552. The average molecular weight is 446 g/mol. The summed E-state index contributed by atoms with van der Waals surface area (Å²) in [7, 11) is 0. The fraction of sp³-hybridized carbons (Fsp3) is 0.259. The largest absolute Gasteiger partial charge is 0.479 e. The number of nitrogens with zero attached hydrogens (tertiary/aromatic N) is 1. The molecule has 4 rings (SSSR count). The van der Waals surface area contributed by atoms with E-state index in [1.54, 1.807) is 18.2 Å². The van der Waals surface area contributed by atoms with Crippen molar-refractivity contribution in [3.05, 3.63) is 89.0 Å². The summed E-state index contributed by atoms with van der Waals surface area (Å²) in [5.41, 5.74) is 5.53. The van der Waals surface area contributed by atoms with Crippen LogP contribution in [0.1, 0.15) is 40.9 Å². The summed E-state index contributed by atoms with van der Waals surface area (Å²) in [6, 6.07) is 21.2. The molecule has 3 aromatic rings. The number of fused-ring (bicyclic) bond motifs is 1. The van der Waals surface area contributed by atoms with Gasteiger partial charge in [-0.05, 0) is 61.7 Å². The molecule has 0 radical (unpaired) electrons. The maximum Gasteiger partial charge on any atom is 0.333 e. The molecule has 0 saturated carbocycles. The van der Waals surface area contributed by atoms with Crippen molar-refractivity contribution in [3.8, 4) is 16.9 Å². The van der Waals surface area contributed by atoms with Gasteiger partial charge in [0.1, 0.15) is 0 Å². The Morgan fingerprint density at radius 3 is 2.24 bits per heavy atom. The number of carboxylic acid groups (broad SMARTS) is 1.